The smallest absolute Gasteiger partial charge is 0.0222 e. The molecule has 0 aromatic heterocycles. The fraction of sp³-hybridized carbons (Fsp3) is 1.00. The van der Waals surface area contributed by atoms with Crippen molar-refractivity contribution >= 4 is 27.7 Å². The van der Waals surface area contributed by atoms with Gasteiger partial charge in [-0.1, -0.05) is 6.92 Å². The first-order chi connectivity index (χ1) is 3.68. The fourth-order valence-corrected chi connectivity index (χ4v) is 2.25. The van der Waals surface area contributed by atoms with Gasteiger partial charge in [-0.25, -0.2) is 0 Å². The average molecular weight is 168 g/mol. The Balaban J connectivity index is 3.58. The minimum absolute atomic E-state index is 0.514. The van der Waals surface area contributed by atoms with Gasteiger partial charge >= 0.3 is 0 Å². The van der Waals surface area contributed by atoms with E-state index in [0.717, 1.165) is 0 Å². The molecule has 0 rings (SSSR count). The molecule has 0 N–H and O–H groups in total. The number of rotatable bonds is 3. The van der Waals surface area contributed by atoms with Gasteiger partial charge in [-0.3, -0.25) is 0 Å². The lowest BCUT2D eigenvalue weighted by Crippen LogP contribution is -2.21. The zero-order chi connectivity index (χ0) is 6.62. The van der Waals surface area contributed by atoms with Crippen LogP contribution in [0.25, 0.3) is 0 Å². The highest BCUT2D eigenvalue weighted by molar-refractivity contribution is 7.19. The summed E-state index contributed by atoms with van der Waals surface area (Å²) in [6, 6.07) is 0. The Morgan fingerprint density at radius 2 is 1.25 bits per heavy atom. The lowest BCUT2D eigenvalue weighted by Gasteiger charge is -2.23. The van der Waals surface area contributed by atoms with Crippen LogP contribution < -0.4 is 0 Å². The number of hydrogen-bond donors (Lipinski definition) is 0. The van der Waals surface area contributed by atoms with Crippen molar-refractivity contribution in [2.75, 3.05) is 18.5 Å². The van der Waals surface area contributed by atoms with Gasteiger partial charge in [0.15, 0.2) is 0 Å². The largest absolute Gasteiger partial charge is 0.137 e. The molecule has 0 spiro atoms. The van der Waals surface area contributed by atoms with Crippen molar-refractivity contribution in [2.24, 2.45) is 5.41 Å². The molecule has 3 unspecified atom stereocenters. The van der Waals surface area contributed by atoms with Gasteiger partial charge in [0.1, 0.15) is 0 Å². The standard InChI is InChI=1S/C5H15P3/c1-5(2-6,3-7)4-8/h2-4,6-8H2,1H3. The van der Waals surface area contributed by atoms with Crippen LogP contribution in [0.4, 0.5) is 0 Å². The Kier molecular flexibility index (Phi) is 4.83. The number of hydrogen-bond acceptors (Lipinski definition) is 0. The maximum atomic E-state index is 2.79. The third-order valence-electron chi connectivity index (χ3n) is 1.48. The van der Waals surface area contributed by atoms with E-state index >= 15 is 0 Å². The molecular formula is C5H15P3. The van der Waals surface area contributed by atoms with Gasteiger partial charge in [0.2, 0.25) is 0 Å². The van der Waals surface area contributed by atoms with Gasteiger partial charge < -0.3 is 0 Å². The Morgan fingerprint density at radius 1 is 1.00 bits per heavy atom. The molecule has 8 heavy (non-hydrogen) atoms. The molecule has 0 fully saturated rings. The van der Waals surface area contributed by atoms with Crippen molar-refractivity contribution in [3.8, 4) is 0 Å². The highest BCUT2D eigenvalue weighted by atomic mass is 31.0. The van der Waals surface area contributed by atoms with Gasteiger partial charge in [-0.05, 0) is 23.9 Å². The van der Waals surface area contributed by atoms with Gasteiger partial charge in [0.25, 0.3) is 0 Å². The van der Waals surface area contributed by atoms with E-state index in [4.69, 9.17) is 0 Å². The van der Waals surface area contributed by atoms with Crippen LogP contribution in [0.15, 0.2) is 0 Å². The molecular weight excluding hydrogens is 153 g/mol. The Labute approximate surface area is 59.2 Å². The second kappa shape index (κ2) is 4.16. The Hall–Kier alpha value is 1.29. The predicted molar refractivity (Wildman–Crippen MR) is 51.8 cm³/mol. The molecule has 0 heterocycles. The highest BCUT2D eigenvalue weighted by Gasteiger charge is 2.15. The molecule has 0 aliphatic heterocycles. The maximum Gasteiger partial charge on any atom is -0.0222 e. The quantitative estimate of drug-likeness (QED) is 0.561. The molecule has 0 radical (unpaired) electrons. The molecule has 0 bridgehead atoms. The second-order valence-corrected chi connectivity index (χ2v) is 3.65. The van der Waals surface area contributed by atoms with Gasteiger partial charge in [0.05, 0.1) is 0 Å². The van der Waals surface area contributed by atoms with Crippen LogP contribution in [-0.4, -0.2) is 18.5 Å². The highest BCUT2D eigenvalue weighted by Crippen LogP contribution is 2.24. The van der Waals surface area contributed by atoms with Crippen molar-refractivity contribution in [1.82, 2.24) is 0 Å². The summed E-state index contributed by atoms with van der Waals surface area (Å²) in [7, 11) is 8.36. The van der Waals surface area contributed by atoms with Gasteiger partial charge in [-0.2, -0.15) is 0 Å². The monoisotopic (exact) mass is 168 g/mol. The zero-order valence-corrected chi connectivity index (χ0v) is 8.82. The third kappa shape index (κ3) is 2.72. The Morgan fingerprint density at radius 3 is 1.25 bits per heavy atom. The van der Waals surface area contributed by atoms with E-state index in [-0.39, 0.29) is 0 Å². The van der Waals surface area contributed by atoms with Crippen LogP contribution >= 0.6 is 27.7 Å². The first-order valence-corrected chi connectivity index (χ1v) is 5.23. The van der Waals surface area contributed by atoms with Crippen LogP contribution in [-0.2, 0) is 0 Å². The van der Waals surface area contributed by atoms with E-state index in [9.17, 15) is 0 Å². The summed E-state index contributed by atoms with van der Waals surface area (Å²) in [6.45, 7) is 2.29. The van der Waals surface area contributed by atoms with E-state index in [2.05, 4.69) is 34.6 Å². The van der Waals surface area contributed by atoms with Crippen molar-refractivity contribution in [3.05, 3.63) is 0 Å². The Bertz CT molecular complexity index is 50.4. The first-order valence-electron chi connectivity index (χ1n) is 2.79. The molecule has 0 saturated carbocycles. The lowest BCUT2D eigenvalue weighted by molar-refractivity contribution is 0.503. The van der Waals surface area contributed by atoms with Crippen LogP contribution in [0.1, 0.15) is 6.92 Å². The molecule has 0 aromatic carbocycles. The van der Waals surface area contributed by atoms with Crippen molar-refractivity contribution in [2.45, 2.75) is 6.92 Å². The molecule has 0 aliphatic carbocycles. The molecule has 0 saturated heterocycles. The van der Waals surface area contributed by atoms with E-state index in [1.165, 1.54) is 18.5 Å². The van der Waals surface area contributed by atoms with Crippen molar-refractivity contribution in [1.29, 1.82) is 0 Å². The average Bonchev–Trinajstić information content (AvgIpc) is 1.87. The lowest BCUT2D eigenvalue weighted by atomic mass is 9.99. The third-order valence-corrected chi connectivity index (χ3v) is 4.44. The maximum absolute atomic E-state index is 2.79. The van der Waals surface area contributed by atoms with E-state index in [1.54, 1.807) is 0 Å². The fourth-order valence-electron chi connectivity index (χ4n) is 0.250. The first kappa shape index (κ1) is 9.29. The van der Waals surface area contributed by atoms with Crippen molar-refractivity contribution < 1.29 is 0 Å². The molecule has 0 aliphatic rings. The van der Waals surface area contributed by atoms with Crippen LogP contribution in [0.2, 0.25) is 0 Å². The molecule has 3 heteroatoms. The minimum Gasteiger partial charge on any atom is -0.137 e. The molecule has 3 atom stereocenters. The minimum atomic E-state index is 0.514. The van der Waals surface area contributed by atoms with Gasteiger partial charge in [-0.15, -0.1) is 27.7 Å². The topological polar surface area (TPSA) is 0 Å². The summed E-state index contributed by atoms with van der Waals surface area (Å²) in [5.74, 6) is 0. The van der Waals surface area contributed by atoms with Crippen LogP contribution in [0.3, 0.4) is 0 Å². The second-order valence-electron chi connectivity index (χ2n) is 2.42. The summed E-state index contributed by atoms with van der Waals surface area (Å²) >= 11 is 0. The summed E-state index contributed by atoms with van der Waals surface area (Å²) < 4.78 is 0. The van der Waals surface area contributed by atoms with E-state index < -0.39 is 0 Å². The summed E-state index contributed by atoms with van der Waals surface area (Å²) in [5, 5.41) is 0. The van der Waals surface area contributed by atoms with Crippen LogP contribution in [0, 0.1) is 5.41 Å². The van der Waals surface area contributed by atoms with Crippen molar-refractivity contribution in [3.63, 3.8) is 0 Å². The van der Waals surface area contributed by atoms with Gasteiger partial charge in [0, 0.05) is 0 Å². The summed E-state index contributed by atoms with van der Waals surface area (Å²) in [5.41, 5.74) is 0.514. The molecule has 0 amide bonds. The molecule has 0 aromatic rings. The summed E-state index contributed by atoms with van der Waals surface area (Å²) in [6.07, 6.45) is 3.58. The summed E-state index contributed by atoms with van der Waals surface area (Å²) in [4.78, 5) is 0. The van der Waals surface area contributed by atoms with Crippen LogP contribution in [0.5, 0.6) is 0 Å². The zero-order valence-electron chi connectivity index (χ0n) is 5.35. The predicted octanol–water partition coefficient (Wildman–Crippen LogP) is 1.62. The van der Waals surface area contributed by atoms with E-state index in [1.807, 2.05) is 0 Å². The van der Waals surface area contributed by atoms with E-state index in [0.29, 0.717) is 5.41 Å². The molecule has 50 valence electrons. The normalized spacial score (nSPS) is 12.0. The molecule has 0 nitrogen and oxygen atoms in total. The SMILES string of the molecule is CC(CP)(CP)CP.